The molecule has 2 heterocycles. The average molecular weight is 420 g/mol. The van der Waals surface area contributed by atoms with Gasteiger partial charge >= 0.3 is 0 Å². The molecular formula is C22H20N4O3S. The van der Waals surface area contributed by atoms with E-state index >= 15 is 0 Å². The van der Waals surface area contributed by atoms with Crippen molar-refractivity contribution in [3.63, 3.8) is 0 Å². The monoisotopic (exact) mass is 420 g/mol. The molecule has 2 aromatic heterocycles. The van der Waals surface area contributed by atoms with Crippen LogP contribution in [0.2, 0.25) is 0 Å². The fourth-order valence-electron chi connectivity index (χ4n) is 3.01. The van der Waals surface area contributed by atoms with E-state index in [-0.39, 0.29) is 16.2 Å². The molecule has 2 aromatic carbocycles. The zero-order valence-electron chi connectivity index (χ0n) is 16.8. The van der Waals surface area contributed by atoms with Crippen molar-refractivity contribution in [2.75, 3.05) is 26.1 Å². The first-order chi connectivity index (χ1) is 14.4. The maximum atomic E-state index is 12.8. The lowest BCUT2D eigenvalue weighted by Crippen LogP contribution is -2.28. The summed E-state index contributed by atoms with van der Waals surface area (Å²) in [5.41, 5.74) is 2.39. The predicted octanol–water partition coefficient (Wildman–Crippen LogP) is 1.72. The van der Waals surface area contributed by atoms with Gasteiger partial charge < -0.3 is 9.64 Å². The van der Waals surface area contributed by atoms with Crippen LogP contribution in [0, 0.1) is 0 Å². The number of fused-ring (bicyclic) bond motifs is 1. The van der Waals surface area contributed by atoms with Gasteiger partial charge in [-0.25, -0.2) is 0 Å². The number of anilines is 1. The summed E-state index contributed by atoms with van der Waals surface area (Å²) < 4.78 is 6.83. The quantitative estimate of drug-likeness (QED) is 0.489. The van der Waals surface area contributed by atoms with Crippen LogP contribution in [0.5, 0.6) is 5.75 Å². The summed E-state index contributed by atoms with van der Waals surface area (Å²) in [6, 6.07) is 15.2. The van der Waals surface area contributed by atoms with Gasteiger partial charge in [-0.05, 0) is 41.5 Å². The summed E-state index contributed by atoms with van der Waals surface area (Å²) in [4.78, 5) is 31.6. The second kappa shape index (κ2) is 8.08. The number of methoxy groups -OCH3 is 1. The van der Waals surface area contributed by atoms with Crippen molar-refractivity contribution in [1.29, 1.82) is 0 Å². The van der Waals surface area contributed by atoms with Crippen LogP contribution in [0.1, 0.15) is 16.8 Å². The van der Waals surface area contributed by atoms with Gasteiger partial charge in [-0.3, -0.25) is 9.59 Å². The number of aromatic nitrogens is 3. The van der Waals surface area contributed by atoms with Gasteiger partial charge in [0.2, 0.25) is 4.96 Å². The molecule has 0 atom stereocenters. The third-order valence-electron chi connectivity index (χ3n) is 4.69. The Morgan fingerprint density at radius 1 is 1.07 bits per heavy atom. The van der Waals surface area contributed by atoms with Crippen LogP contribution in [0.15, 0.2) is 58.1 Å². The summed E-state index contributed by atoms with van der Waals surface area (Å²) in [5.74, 6) is 0.739. The Bertz CT molecular complexity index is 1360. The fourth-order valence-corrected chi connectivity index (χ4v) is 3.91. The second-order valence-corrected chi connectivity index (χ2v) is 7.99. The molecule has 4 rings (SSSR count). The van der Waals surface area contributed by atoms with Gasteiger partial charge in [-0.1, -0.05) is 35.6 Å². The Morgan fingerprint density at radius 2 is 1.77 bits per heavy atom. The van der Waals surface area contributed by atoms with E-state index in [2.05, 4.69) is 10.1 Å². The lowest BCUT2D eigenvalue weighted by atomic mass is 10.1. The number of nitrogens with zero attached hydrogens (tertiary/aromatic N) is 4. The van der Waals surface area contributed by atoms with Crippen LogP contribution < -0.4 is 25.3 Å². The molecule has 0 aliphatic rings. The maximum absolute atomic E-state index is 12.8. The molecule has 8 heteroatoms. The Balaban J connectivity index is 1.71. The minimum Gasteiger partial charge on any atom is -0.497 e. The second-order valence-electron chi connectivity index (χ2n) is 6.98. The molecule has 7 nitrogen and oxygen atoms in total. The first-order valence-electron chi connectivity index (χ1n) is 9.29. The SMILES string of the molecule is COc1ccc(C=c2sc3nc(=O)c(Cc4ccc(N(C)C)cc4)nn3c2=O)cc1. The number of thiazole rings is 1. The normalized spacial score (nSPS) is 11.8. The average Bonchev–Trinajstić information content (AvgIpc) is 3.03. The Kier molecular flexibility index (Phi) is 5.33. The zero-order chi connectivity index (χ0) is 21.3. The molecule has 0 spiro atoms. The molecule has 152 valence electrons. The standard InChI is InChI=1S/C22H20N4O3S/c1-25(2)16-8-4-14(5-9-16)12-18-20(27)23-22-26(24-18)21(28)19(30-22)13-15-6-10-17(29-3)11-7-15/h4-11,13H,12H2,1-3H3. The van der Waals surface area contributed by atoms with Gasteiger partial charge in [0.05, 0.1) is 11.6 Å². The highest BCUT2D eigenvalue weighted by atomic mass is 32.1. The molecule has 0 amide bonds. The molecule has 30 heavy (non-hydrogen) atoms. The molecule has 0 radical (unpaired) electrons. The molecular weight excluding hydrogens is 400 g/mol. The van der Waals surface area contributed by atoms with Gasteiger partial charge in [0, 0.05) is 26.2 Å². The van der Waals surface area contributed by atoms with Crippen molar-refractivity contribution < 1.29 is 4.74 Å². The molecule has 0 aliphatic heterocycles. The minimum atomic E-state index is -0.413. The third-order valence-corrected chi connectivity index (χ3v) is 5.65. The summed E-state index contributed by atoms with van der Waals surface area (Å²) in [7, 11) is 5.53. The molecule has 0 unspecified atom stereocenters. The van der Waals surface area contributed by atoms with Gasteiger partial charge in [-0.15, -0.1) is 0 Å². The minimum absolute atomic E-state index is 0.246. The zero-order valence-corrected chi connectivity index (χ0v) is 17.6. The summed E-state index contributed by atoms with van der Waals surface area (Å²) in [5, 5.41) is 4.31. The maximum Gasteiger partial charge on any atom is 0.296 e. The van der Waals surface area contributed by atoms with E-state index in [1.807, 2.05) is 67.5 Å². The molecule has 0 bridgehead atoms. The summed E-state index contributed by atoms with van der Waals surface area (Å²) in [6.45, 7) is 0. The number of hydrogen-bond acceptors (Lipinski definition) is 7. The molecule has 0 saturated heterocycles. The lowest BCUT2D eigenvalue weighted by Gasteiger charge is -2.12. The fraction of sp³-hybridized carbons (Fsp3) is 0.182. The van der Waals surface area contributed by atoms with Crippen molar-refractivity contribution in [2.24, 2.45) is 0 Å². The highest BCUT2D eigenvalue weighted by Gasteiger charge is 2.12. The summed E-state index contributed by atoms with van der Waals surface area (Å²) in [6.07, 6.45) is 2.07. The van der Waals surface area contributed by atoms with Crippen molar-refractivity contribution in [3.8, 4) is 5.75 Å². The topological polar surface area (TPSA) is 76.8 Å². The highest BCUT2D eigenvalue weighted by Crippen LogP contribution is 2.14. The summed E-state index contributed by atoms with van der Waals surface area (Å²) >= 11 is 1.15. The van der Waals surface area contributed by atoms with Crippen LogP contribution in [0.3, 0.4) is 0 Å². The van der Waals surface area contributed by atoms with Crippen molar-refractivity contribution in [1.82, 2.24) is 14.6 Å². The van der Waals surface area contributed by atoms with Crippen molar-refractivity contribution >= 4 is 28.1 Å². The van der Waals surface area contributed by atoms with Gasteiger partial charge in [-0.2, -0.15) is 14.6 Å². The van der Waals surface area contributed by atoms with E-state index in [4.69, 9.17) is 4.74 Å². The van der Waals surface area contributed by atoms with E-state index in [1.54, 1.807) is 13.2 Å². The highest BCUT2D eigenvalue weighted by molar-refractivity contribution is 7.15. The number of rotatable bonds is 5. The van der Waals surface area contributed by atoms with Crippen molar-refractivity contribution in [3.05, 3.63) is 90.6 Å². The van der Waals surface area contributed by atoms with Gasteiger partial charge in [0.25, 0.3) is 11.1 Å². The third kappa shape index (κ3) is 3.95. The smallest absolute Gasteiger partial charge is 0.296 e. The van der Waals surface area contributed by atoms with Gasteiger partial charge in [0.1, 0.15) is 11.4 Å². The molecule has 0 aliphatic carbocycles. The van der Waals surface area contributed by atoms with Crippen LogP contribution >= 0.6 is 11.3 Å². The van der Waals surface area contributed by atoms with E-state index < -0.39 is 5.56 Å². The molecule has 0 fully saturated rings. The first-order valence-corrected chi connectivity index (χ1v) is 10.1. The number of hydrogen-bond donors (Lipinski definition) is 0. The Morgan fingerprint density at radius 3 is 2.40 bits per heavy atom. The van der Waals surface area contributed by atoms with Crippen molar-refractivity contribution in [2.45, 2.75) is 6.42 Å². The number of ether oxygens (including phenoxy) is 1. The van der Waals surface area contributed by atoms with E-state index in [1.165, 1.54) is 4.52 Å². The number of benzene rings is 2. The molecule has 0 saturated carbocycles. The van der Waals surface area contributed by atoms with Crippen LogP contribution in [0.25, 0.3) is 11.0 Å². The van der Waals surface area contributed by atoms with Crippen LogP contribution in [-0.4, -0.2) is 35.8 Å². The molecule has 0 N–H and O–H groups in total. The first kappa shape index (κ1) is 19.8. The van der Waals surface area contributed by atoms with Crippen LogP contribution in [0.4, 0.5) is 5.69 Å². The Hall–Kier alpha value is -3.52. The Labute approximate surface area is 176 Å². The van der Waals surface area contributed by atoms with E-state index in [0.717, 1.165) is 33.9 Å². The predicted molar refractivity (Wildman–Crippen MR) is 119 cm³/mol. The molecule has 4 aromatic rings. The largest absolute Gasteiger partial charge is 0.497 e. The van der Waals surface area contributed by atoms with E-state index in [9.17, 15) is 9.59 Å². The van der Waals surface area contributed by atoms with E-state index in [0.29, 0.717) is 11.0 Å². The van der Waals surface area contributed by atoms with Gasteiger partial charge in [0.15, 0.2) is 0 Å². The van der Waals surface area contributed by atoms with Crippen LogP contribution in [-0.2, 0) is 6.42 Å². The lowest BCUT2D eigenvalue weighted by molar-refractivity contribution is 0.415.